The summed E-state index contributed by atoms with van der Waals surface area (Å²) in [7, 11) is 0. The molecule has 2 heterocycles. The Labute approximate surface area is 161 Å². The molecule has 26 heavy (non-hydrogen) atoms. The molecular weight excluding hydrogens is 348 g/mol. The highest BCUT2D eigenvalue weighted by Crippen LogP contribution is 2.29. The summed E-state index contributed by atoms with van der Waals surface area (Å²) in [6, 6.07) is 9.98. The molecule has 1 saturated heterocycles. The molecule has 5 nitrogen and oxygen atoms in total. The van der Waals surface area contributed by atoms with Crippen molar-refractivity contribution in [2.75, 3.05) is 19.8 Å². The average Bonchev–Trinajstić information content (AvgIpc) is 3.33. The number of rotatable bonds is 6. The van der Waals surface area contributed by atoms with Crippen LogP contribution >= 0.6 is 12.4 Å². The quantitative estimate of drug-likeness (QED) is 0.813. The van der Waals surface area contributed by atoms with Gasteiger partial charge in [0.05, 0.1) is 19.5 Å². The van der Waals surface area contributed by atoms with Crippen molar-refractivity contribution in [3.05, 3.63) is 54.1 Å². The lowest BCUT2D eigenvalue weighted by Gasteiger charge is -2.33. The second kappa shape index (κ2) is 9.51. The van der Waals surface area contributed by atoms with Gasteiger partial charge in [0.2, 0.25) is 0 Å². The lowest BCUT2D eigenvalue weighted by molar-refractivity contribution is 0.0524. The van der Waals surface area contributed by atoms with Gasteiger partial charge in [-0.2, -0.15) is 0 Å². The molecule has 2 aliphatic rings. The Morgan fingerprint density at radius 2 is 2.19 bits per heavy atom. The van der Waals surface area contributed by atoms with E-state index in [9.17, 15) is 0 Å². The average molecular weight is 377 g/mol. The Hall–Kier alpha value is -1.40. The highest BCUT2D eigenvalue weighted by atomic mass is 35.5. The summed E-state index contributed by atoms with van der Waals surface area (Å²) >= 11 is 0. The number of nitrogens with zero attached hydrogens (tertiary/aromatic N) is 2. The first-order valence-electron chi connectivity index (χ1n) is 9.46. The van der Waals surface area contributed by atoms with Gasteiger partial charge in [0, 0.05) is 44.1 Å². The molecule has 0 radical (unpaired) electrons. The van der Waals surface area contributed by atoms with Gasteiger partial charge in [0.15, 0.2) is 0 Å². The molecule has 3 atom stereocenters. The topological polar surface area (TPSA) is 51.1 Å². The normalized spacial score (nSPS) is 25.8. The highest BCUT2D eigenvalue weighted by molar-refractivity contribution is 5.85. The minimum Gasteiger partial charge on any atom is -0.379 e. The molecule has 1 aromatic carbocycles. The third kappa shape index (κ3) is 4.86. The van der Waals surface area contributed by atoms with Crippen LogP contribution in [0.2, 0.25) is 0 Å². The highest BCUT2D eigenvalue weighted by Gasteiger charge is 2.34. The molecule has 142 valence electrons. The van der Waals surface area contributed by atoms with E-state index in [4.69, 9.17) is 4.74 Å². The molecular formula is C20H29ClN4O. The number of benzene rings is 1. The molecule has 1 aliphatic carbocycles. The zero-order chi connectivity index (χ0) is 16.9. The summed E-state index contributed by atoms with van der Waals surface area (Å²) < 4.78 is 7.78. The van der Waals surface area contributed by atoms with Gasteiger partial charge in [-0.3, -0.25) is 0 Å². The van der Waals surface area contributed by atoms with Crippen LogP contribution in [0.25, 0.3) is 0 Å². The molecule has 0 spiro atoms. The molecule has 1 aromatic heterocycles. The fraction of sp³-hybridized carbons (Fsp3) is 0.550. The van der Waals surface area contributed by atoms with Crippen molar-refractivity contribution >= 4 is 12.4 Å². The van der Waals surface area contributed by atoms with Gasteiger partial charge in [0.25, 0.3) is 0 Å². The first-order chi connectivity index (χ1) is 12.4. The second-order valence-electron chi connectivity index (χ2n) is 7.27. The van der Waals surface area contributed by atoms with Crippen molar-refractivity contribution in [1.82, 2.24) is 20.2 Å². The third-order valence-corrected chi connectivity index (χ3v) is 5.52. The Bertz CT molecular complexity index is 658. The number of imidazole rings is 1. The van der Waals surface area contributed by atoms with E-state index in [1.807, 2.05) is 18.7 Å². The summed E-state index contributed by atoms with van der Waals surface area (Å²) in [5, 5.41) is 7.47. The zero-order valence-corrected chi connectivity index (χ0v) is 16.0. The van der Waals surface area contributed by atoms with Gasteiger partial charge in [-0.15, -0.1) is 12.4 Å². The summed E-state index contributed by atoms with van der Waals surface area (Å²) in [5.74, 6) is 0.689. The molecule has 0 amide bonds. The van der Waals surface area contributed by atoms with E-state index in [-0.39, 0.29) is 12.4 Å². The fourth-order valence-electron chi connectivity index (χ4n) is 4.26. The predicted molar refractivity (Wildman–Crippen MR) is 106 cm³/mol. The van der Waals surface area contributed by atoms with Crippen LogP contribution in [-0.2, 0) is 17.8 Å². The monoisotopic (exact) mass is 376 g/mol. The van der Waals surface area contributed by atoms with Crippen molar-refractivity contribution in [2.45, 2.75) is 44.4 Å². The van der Waals surface area contributed by atoms with E-state index >= 15 is 0 Å². The number of aromatic nitrogens is 2. The molecule has 2 N–H and O–H groups in total. The number of ether oxygens (including phenoxy) is 1. The second-order valence-corrected chi connectivity index (χ2v) is 7.27. The van der Waals surface area contributed by atoms with Crippen molar-refractivity contribution < 1.29 is 4.74 Å². The van der Waals surface area contributed by atoms with Gasteiger partial charge in [-0.05, 0) is 29.9 Å². The molecule has 0 bridgehead atoms. The Balaban J connectivity index is 0.00000196. The first-order valence-corrected chi connectivity index (χ1v) is 9.46. The van der Waals surface area contributed by atoms with Crippen LogP contribution in [0.4, 0.5) is 0 Å². The van der Waals surface area contributed by atoms with Gasteiger partial charge in [0.1, 0.15) is 0 Å². The smallest absolute Gasteiger partial charge is 0.0949 e. The van der Waals surface area contributed by atoms with Gasteiger partial charge < -0.3 is 19.9 Å². The van der Waals surface area contributed by atoms with Crippen LogP contribution < -0.4 is 10.6 Å². The minimum atomic E-state index is 0. The van der Waals surface area contributed by atoms with Crippen LogP contribution in [0.1, 0.15) is 30.4 Å². The van der Waals surface area contributed by atoms with Crippen molar-refractivity contribution in [3.8, 4) is 0 Å². The van der Waals surface area contributed by atoms with Crippen LogP contribution in [0.3, 0.4) is 0 Å². The summed E-state index contributed by atoms with van der Waals surface area (Å²) in [4.78, 5) is 4.12. The number of halogens is 1. The third-order valence-electron chi connectivity index (χ3n) is 5.52. The predicted octanol–water partition coefficient (Wildman–Crippen LogP) is 2.60. The maximum atomic E-state index is 5.67. The van der Waals surface area contributed by atoms with E-state index in [0.717, 1.165) is 32.8 Å². The molecule has 1 saturated carbocycles. The SMILES string of the molecule is Cl.c1cc(CNC2CCCC2C2COCCN2)cc(Cn2ccnc2)c1. The van der Waals surface area contributed by atoms with Crippen LogP contribution in [-0.4, -0.2) is 41.4 Å². The van der Waals surface area contributed by atoms with E-state index in [1.54, 1.807) is 0 Å². The summed E-state index contributed by atoms with van der Waals surface area (Å²) in [5.41, 5.74) is 2.68. The van der Waals surface area contributed by atoms with Crippen molar-refractivity contribution in [3.63, 3.8) is 0 Å². The van der Waals surface area contributed by atoms with Crippen molar-refractivity contribution in [1.29, 1.82) is 0 Å². The maximum absolute atomic E-state index is 5.67. The Kier molecular flexibility index (Phi) is 7.08. The van der Waals surface area contributed by atoms with Crippen molar-refractivity contribution in [2.24, 2.45) is 5.92 Å². The number of nitrogens with one attached hydrogen (secondary N) is 2. The standard InChI is InChI=1S/C20H28N4O.ClH/c1-3-16(11-17(4-1)13-24-9-7-21-15-24)12-23-19-6-2-5-18(19)20-14-25-10-8-22-20;/h1,3-4,7,9,11,15,18-20,22-23H,2,5-6,8,10,12-14H2;1H. The van der Waals surface area contributed by atoms with Crippen LogP contribution in [0.15, 0.2) is 43.0 Å². The lowest BCUT2D eigenvalue weighted by Crippen LogP contribution is -2.50. The largest absolute Gasteiger partial charge is 0.379 e. The van der Waals surface area contributed by atoms with Crippen LogP contribution in [0.5, 0.6) is 0 Å². The van der Waals surface area contributed by atoms with E-state index in [0.29, 0.717) is 18.0 Å². The minimum absolute atomic E-state index is 0. The zero-order valence-electron chi connectivity index (χ0n) is 15.1. The Morgan fingerprint density at radius 3 is 3.00 bits per heavy atom. The van der Waals surface area contributed by atoms with Gasteiger partial charge in [-0.1, -0.05) is 30.7 Å². The van der Waals surface area contributed by atoms with Crippen LogP contribution in [0, 0.1) is 5.92 Å². The lowest BCUT2D eigenvalue weighted by atomic mass is 9.94. The van der Waals surface area contributed by atoms with E-state index in [1.165, 1.54) is 30.4 Å². The number of hydrogen-bond acceptors (Lipinski definition) is 4. The van der Waals surface area contributed by atoms with E-state index < -0.39 is 0 Å². The van der Waals surface area contributed by atoms with Gasteiger partial charge >= 0.3 is 0 Å². The molecule has 2 aromatic rings. The Morgan fingerprint density at radius 1 is 1.27 bits per heavy atom. The number of morpholine rings is 1. The molecule has 4 rings (SSSR count). The first kappa shape index (κ1) is 19.4. The molecule has 6 heteroatoms. The molecule has 1 aliphatic heterocycles. The molecule has 2 fully saturated rings. The van der Waals surface area contributed by atoms with Gasteiger partial charge in [-0.25, -0.2) is 4.98 Å². The maximum Gasteiger partial charge on any atom is 0.0949 e. The fourth-order valence-corrected chi connectivity index (χ4v) is 4.26. The summed E-state index contributed by atoms with van der Waals surface area (Å²) in [6.45, 7) is 4.52. The van der Waals surface area contributed by atoms with E-state index in [2.05, 4.69) is 44.5 Å². The summed E-state index contributed by atoms with van der Waals surface area (Å²) in [6.07, 6.45) is 9.60. The molecule has 3 unspecified atom stereocenters. The number of hydrogen-bond donors (Lipinski definition) is 2.